The number of carbonyl (C=O) groups is 2. The summed E-state index contributed by atoms with van der Waals surface area (Å²) >= 11 is 0. The minimum Gasteiger partial charge on any atom is -0.852 e. The first-order valence-corrected chi connectivity index (χ1v) is 14.1. The van der Waals surface area contributed by atoms with Gasteiger partial charge in [0.25, 0.3) is 5.91 Å². The first kappa shape index (κ1) is 38.0. The van der Waals surface area contributed by atoms with Gasteiger partial charge in [0.05, 0.1) is 17.0 Å². The standard InChI is InChI=1S/C33H35FN2O6.2Na/c1-20(2)31-30(33(42)35-26-10-6-7-11-27(26)39)29(21-8-4-3-5-9-21)32(22-12-14-23(34)15-13-22)36(31)17-16-24(37)18-25(38)19-28(40)41;;/h3-6,8-10,12-15,20,24-25,39H,7,11,16-19H2,1-2H3,(H,35,42)(H,40,41);;/q-2;2*+1/t24-,25-;;/m1../s1. The van der Waals surface area contributed by atoms with E-state index in [-0.39, 0.29) is 90.2 Å². The number of allylic oxidation sites excluding steroid dienone is 3. The molecule has 8 nitrogen and oxygen atoms in total. The second-order valence-corrected chi connectivity index (χ2v) is 10.8. The van der Waals surface area contributed by atoms with Crippen LogP contribution in [0.2, 0.25) is 0 Å². The molecule has 0 aliphatic heterocycles. The molecule has 1 aliphatic carbocycles. The fraction of sp³-hybridized carbons (Fsp3) is 0.333. The van der Waals surface area contributed by atoms with Gasteiger partial charge in [0.15, 0.2) is 0 Å². The van der Waals surface area contributed by atoms with Gasteiger partial charge >= 0.3 is 65.1 Å². The first-order chi connectivity index (χ1) is 20.1. The van der Waals surface area contributed by atoms with Crippen LogP contribution in [0, 0.1) is 5.82 Å². The number of aromatic nitrogens is 1. The van der Waals surface area contributed by atoms with E-state index in [1.807, 2.05) is 54.8 Å². The number of benzene rings is 2. The first-order valence-electron chi connectivity index (χ1n) is 14.1. The minimum absolute atomic E-state index is 0. The van der Waals surface area contributed by atoms with Gasteiger partial charge in [-0.2, -0.15) is 0 Å². The van der Waals surface area contributed by atoms with Gasteiger partial charge in [0, 0.05) is 30.6 Å². The van der Waals surface area contributed by atoms with Crippen molar-refractivity contribution in [3.05, 3.63) is 95.3 Å². The predicted octanol–water partition coefficient (Wildman–Crippen LogP) is -1.35. The third kappa shape index (κ3) is 9.40. The number of carboxylic acid groups (broad SMARTS) is 1. The summed E-state index contributed by atoms with van der Waals surface area (Å²) in [6.07, 6.45) is 0.835. The van der Waals surface area contributed by atoms with Crippen LogP contribution >= 0.6 is 0 Å². The van der Waals surface area contributed by atoms with Gasteiger partial charge in [-0.1, -0.05) is 56.7 Å². The van der Waals surface area contributed by atoms with Crippen molar-refractivity contribution in [1.29, 1.82) is 0 Å². The monoisotopic (exact) mass is 620 g/mol. The van der Waals surface area contributed by atoms with Crippen molar-refractivity contribution < 1.29 is 93.5 Å². The van der Waals surface area contributed by atoms with Gasteiger partial charge < -0.3 is 30.3 Å². The Morgan fingerprint density at radius 2 is 1.66 bits per heavy atom. The molecule has 0 bridgehead atoms. The number of carbonyl (C=O) groups excluding carboxylic acids is 1. The van der Waals surface area contributed by atoms with E-state index in [1.165, 1.54) is 12.1 Å². The van der Waals surface area contributed by atoms with Crippen LogP contribution in [0.3, 0.4) is 0 Å². The summed E-state index contributed by atoms with van der Waals surface area (Å²) in [5.74, 6) is -2.22. The van der Waals surface area contributed by atoms with Crippen LogP contribution in [0.4, 0.5) is 4.39 Å². The predicted molar refractivity (Wildman–Crippen MR) is 154 cm³/mol. The second-order valence-electron chi connectivity index (χ2n) is 10.8. The maximum Gasteiger partial charge on any atom is 1.00 e. The Morgan fingerprint density at radius 3 is 2.25 bits per heavy atom. The summed E-state index contributed by atoms with van der Waals surface area (Å²) in [5, 5.41) is 47.2. The molecule has 1 heterocycles. The molecule has 0 saturated heterocycles. The van der Waals surface area contributed by atoms with Crippen molar-refractivity contribution in [2.24, 2.45) is 0 Å². The quantitative estimate of drug-likeness (QED) is 0.215. The number of rotatable bonds is 12. The van der Waals surface area contributed by atoms with Crippen molar-refractivity contribution in [3.8, 4) is 22.4 Å². The molecule has 0 saturated carbocycles. The van der Waals surface area contributed by atoms with Gasteiger partial charge in [-0.3, -0.25) is 9.59 Å². The van der Waals surface area contributed by atoms with Gasteiger partial charge in [0.1, 0.15) is 11.6 Å². The summed E-state index contributed by atoms with van der Waals surface area (Å²) in [7, 11) is 0. The number of carboxylic acids is 1. The number of amides is 1. The average molecular weight is 621 g/mol. The Morgan fingerprint density at radius 1 is 1.00 bits per heavy atom. The molecular weight excluding hydrogens is 585 g/mol. The third-order valence-corrected chi connectivity index (χ3v) is 7.25. The van der Waals surface area contributed by atoms with Crippen LogP contribution in [0.1, 0.15) is 67.9 Å². The molecule has 222 valence electrons. The minimum atomic E-state index is -1.51. The van der Waals surface area contributed by atoms with E-state index in [1.54, 1.807) is 18.2 Å². The van der Waals surface area contributed by atoms with Crippen LogP contribution < -0.4 is 74.6 Å². The molecule has 3 aromatic rings. The molecule has 0 unspecified atom stereocenters. The Bertz CT molecular complexity index is 1490. The van der Waals surface area contributed by atoms with Crippen molar-refractivity contribution in [2.45, 2.75) is 70.6 Å². The van der Waals surface area contributed by atoms with E-state index in [4.69, 9.17) is 5.11 Å². The maximum absolute atomic E-state index is 14.1. The van der Waals surface area contributed by atoms with Gasteiger partial charge in [0.2, 0.25) is 0 Å². The topological polar surface area (TPSA) is 138 Å². The van der Waals surface area contributed by atoms with E-state index >= 15 is 0 Å². The zero-order chi connectivity index (χ0) is 30.4. The van der Waals surface area contributed by atoms with Crippen LogP contribution in [0.25, 0.3) is 22.4 Å². The molecule has 0 spiro atoms. The SMILES string of the molecule is CC(C)c1c(C(=O)NC2=C(O)CCC=C2)c(-c2ccccc2)c(-c2ccc(F)cc2)n1CC[C@@H]([O-])C[C@@H]([O-])CC(=O)O.[Na+].[Na+]. The number of halogens is 1. The Kier molecular flexibility index (Phi) is 15.1. The summed E-state index contributed by atoms with van der Waals surface area (Å²) in [4.78, 5) is 25.0. The van der Waals surface area contributed by atoms with Crippen molar-refractivity contribution in [2.75, 3.05) is 0 Å². The third-order valence-electron chi connectivity index (χ3n) is 7.25. The van der Waals surface area contributed by atoms with E-state index in [0.717, 1.165) is 5.56 Å². The molecule has 11 heteroatoms. The molecule has 3 N–H and O–H groups in total. The van der Waals surface area contributed by atoms with E-state index in [9.17, 15) is 29.3 Å². The molecule has 0 radical (unpaired) electrons. The van der Waals surface area contributed by atoms with Crippen LogP contribution in [0.15, 0.2) is 78.2 Å². The molecule has 1 aromatic heterocycles. The summed E-state index contributed by atoms with van der Waals surface area (Å²) < 4.78 is 15.9. The molecule has 2 atom stereocenters. The number of aliphatic carboxylic acids is 1. The fourth-order valence-electron chi connectivity index (χ4n) is 5.41. The summed E-state index contributed by atoms with van der Waals surface area (Å²) in [6, 6.07) is 15.2. The molecular formula is C33H35FN2Na2O6. The van der Waals surface area contributed by atoms with Crippen molar-refractivity contribution in [1.82, 2.24) is 9.88 Å². The number of nitrogens with one attached hydrogen (secondary N) is 1. The molecule has 0 fully saturated rings. The number of hydrogen-bond donors (Lipinski definition) is 3. The van der Waals surface area contributed by atoms with E-state index in [0.29, 0.717) is 46.6 Å². The zero-order valence-electron chi connectivity index (χ0n) is 25.7. The fourth-order valence-corrected chi connectivity index (χ4v) is 5.41. The second kappa shape index (κ2) is 17.5. The molecule has 1 aliphatic rings. The van der Waals surface area contributed by atoms with E-state index in [2.05, 4.69) is 5.32 Å². The number of aliphatic hydroxyl groups is 1. The Balaban J connectivity index is 0.00000337. The largest absolute Gasteiger partial charge is 1.00 e. The Hall–Kier alpha value is -2.21. The molecule has 1 amide bonds. The van der Waals surface area contributed by atoms with Crippen molar-refractivity contribution in [3.63, 3.8) is 0 Å². The number of aliphatic hydroxyl groups excluding tert-OH is 1. The summed E-state index contributed by atoms with van der Waals surface area (Å²) in [5.41, 5.74) is 3.90. The Labute approximate surface area is 301 Å². The van der Waals surface area contributed by atoms with Crippen LogP contribution in [-0.4, -0.2) is 38.9 Å². The van der Waals surface area contributed by atoms with Gasteiger partial charge in [-0.05, 0) is 60.2 Å². The molecule has 4 rings (SSSR count). The van der Waals surface area contributed by atoms with Crippen molar-refractivity contribution >= 4 is 11.9 Å². The maximum atomic E-state index is 14.1. The van der Waals surface area contributed by atoms with Crippen LogP contribution in [-0.2, 0) is 11.3 Å². The van der Waals surface area contributed by atoms with Crippen LogP contribution in [0.5, 0.6) is 0 Å². The van der Waals surface area contributed by atoms with E-state index < -0.39 is 36.3 Å². The van der Waals surface area contributed by atoms with Gasteiger partial charge in [-0.15, -0.1) is 12.2 Å². The summed E-state index contributed by atoms with van der Waals surface area (Å²) in [6.45, 7) is 4.01. The zero-order valence-corrected chi connectivity index (χ0v) is 29.7. The molecule has 2 aromatic carbocycles. The normalized spacial score (nSPS) is 14.0. The smallest absolute Gasteiger partial charge is 0.852 e. The number of nitrogens with zero attached hydrogens (tertiary/aromatic N) is 1. The van der Waals surface area contributed by atoms with Gasteiger partial charge in [-0.25, -0.2) is 4.39 Å². The molecule has 44 heavy (non-hydrogen) atoms. The average Bonchev–Trinajstić information content (AvgIpc) is 3.29. The number of hydrogen-bond acceptors (Lipinski definition) is 5.